The largest absolute Gasteiger partial charge is 0.744 e. The van der Waals surface area contributed by atoms with Gasteiger partial charge in [0.1, 0.15) is 22.2 Å². The van der Waals surface area contributed by atoms with E-state index in [1.165, 1.54) is 12.1 Å². The molecule has 3 N–H and O–H groups in total. The fraction of sp³-hybridized carbons (Fsp3) is 0.259. The van der Waals surface area contributed by atoms with Gasteiger partial charge in [0.2, 0.25) is 0 Å². The van der Waals surface area contributed by atoms with Crippen molar-refractivity contribution in [3.8, 4) is 0 Å². The Morgan fingerprint density at radius 3 is 2.38 bits per heavy atom. The van der Waals surface area contributed by atoms with Gasteiger partial charge in [0.05, 0.1) is 28.5 Å². The Morgan fingerprint density at radius 1 is 1.05 bits per heavy atom. The molecule has 1 heterocycles. The highest BCUT2D eigenvalue weighted by atomic mass is 35.5. The highest BCUT2D eigenvalue weighted by molar-refractivity contribution is 8.13. The van der Waals surface area contributed by atoms with Gasteiger partial charge in [0.25, 0.3) is 10.5 Å². The monoisotopic (exact) mass is 624 g/mol. The second-order valence-corrected chi connectivity index (χ2v) is 12.6. The van der Waals surface area contributed by atoms with Crippen molar-refractivity contribution < 1.29 is 26.8 Å². The lowest BCUT2D eigenvalue weighted by atomic mass is 10.2. The van der Waals surface area contributed by atoms with Crippen LogP contribution in [0.1, 0.15) is 23.1 Å². The lowest BCUT2D eigenvalue weighted by Crippen LogP contribution is -2.51. The molecule has 0 aliphatic carbocycles. The summed E-state index contributed by atoms with van der Waals surface area (Å²) in [4.78, 5) is 16.3. The number of oxazole rings is 1. The molecule has 40 heavy (non-hydrogen) atoms. The topological polar surface area (TPSA) is 138 Å². The fourth-order valence-electron chi connectivity index (χ4n) is 3.64. The van der Waals surface area contributed by atoms with Gasteiger partial charge in [0.15, 0.2) is 5.58 Å². The van der Waals surface area contributed by atoms with Gasteiger partial charge >= 0.3 is 0 Å². The van der Waals surface area contributed by atoms with Gasteiger partial charge < -0.3 is 14.3 Å². The number of fused-ring (bicyclic) bond motifs is 1. The van der Waals surface area contributed by atoms with Gasteiger partial charge in [-0.2, -0.15) is 5.84 Å². The molecule has 0 aliphatic heterocycles. The molecule has 0 fully saturated rings. The van der Waals surface area contributed by atoms with Crippen LogP contribution in [0.5, 0.6) is 0 Å². The number of aromatic nitrogens is 1. The fourth-order valence-corrected chi connectivity index (χ4v) is 5.04. The average Bonchev–Trinajstić information content (AvgIpc) is 3.25. The Balaban J connectivity index is 0.000000336. The number of hydrogen-bond donors (Lipinski definition) is 2. The number of amides is 1. The first-order valence-corrected chi connectivity index (χ1v) is 15.1. The van der Waals surface area contributed by atoms with E-state index in [2.05, 4.69) is 10.3 Å². The van der Waals surface area contributed by atoms with Gasteiger partial charge in [-0.3, -0.25) is 4.79 Å². The molecule has 0 radical (unpaired) electrons. The molecule has 9 nitrogen and oxygen atoms in total. The summed E-state index contributed by atoms with van der Waals surface area (Å²) in [5.74, 6) is 6.35. The van der Waals surface area contributed by atoms with E-state index >= 15 is 0 Å². The molecule has 1 aromatic heterocycles. The number of carbonyl (C=O) groups is 1. The minimum absolute atomic E-state index is 0.178. The summed E-state index contributed by atoms with van der Waals surface area (Å²) >= 11 is 13.0. The molecule has 1 amide bonds. The Hall–Kier alpha value is -2.64. The van der Waals surface area contributed by atoms with Crippen LogP contribution >= 0.6 is 35.0 Å². The summed E-state index contributed by atoms with van der Waals surface area (Å²) in [5.41, 5.74) is 4.44. The molecule has 214 valence electrons. The zero-order valence-corrected chi connectivity index (χ0v) is 25.3. The maximum absolute atomic E-state index is 12.1. The van der Waals surface area contributed by atoms with E-state index in [1.54, 1.807) is 18.2 Å². The molecular weight excluding hydrogens is 595 g/mol. The standard InChI is InChI=1S/C20H22Cl2N4O2S.C7H8O3S/c1-13-4-7-17-18(10-13)28-20(25-17)29-19(27)24-8-3-9-26(2,23)12-14-5-6-15(21)16(22)11-14;1-6-2-4-7(5-3-6)11(8,9)10/h4-7,10-11H,3,8-9,12,23H2,1-2H3;2-5H,1H3,(H,8,9,10). The quantitative estimate of drug-likeness (QED) is 0.0603. The zero-order valence-electron chi connectivity index (χ0n) is 22.2. The first-order chi connectivity index (χ1) is 18.7. The lowest BCUT2D eigenvalue weighted by molar-refractivity contribution is -0.934. The molecule has 0 aliphatic rings. The molecule has 0 saturated carbocycles. The van der Waals surface area contributed by atoms with Crippen LogP contribution in [0.2, 0.25) is 10.0 Å². The van der Waals surface area contributed by atoms with Crippen molar-refractivity contribution in [3.63, 3.8) is 0 Å². The number of hydrogen-bond acceptors (Lipinski definition) is 8. The van der Waals surface area contributed by atoms with Crippen LogP contribution in [0.3, 0.4) is 0 Å². The van der Waals surface area contributed by atoms with E-state index in [0.717, 1.165) is 40.4 Å². The SMILES string of the molecule is Cc1ccc(S(=O)(=O)[O-])cc1.Cc1ccc2nc(SC(=O)NCCC[N+](C)(N)Cc3ccc(Cl)c(Cl)c3)oc2c1. The highest BCUT2D eigenvalue weighted by Gasteiger charge is 2.18. The predicted molar refractivity (Wildman–Crippen MR) is 157 cm³/mol. The van der Waals surface area contributed by atoms with Gasteiger partial charge in [-0.25, -0.2) is 18.0 Å². The second-order valence-electron chi connectivity index (χ2n) is 9.50. The second kappa shape index (κ2) is 13.8. The lowest BCUT2D eigenvalue weighted by Gasteiger charge is -2.28. The number of aryl methyl sites for hydroxylation is 2. The van der Waals surface area contributed by atoms with Crippen molar-refractivity contribution in [3.05, 3.63) is 87.4 Å². The zero-order chi connectivity index (χ0) is 29.5. The summed E-state index contributed by atoms with van der Waals surface area (Å²) < 4.78 is 37.1. The van der Waals surface area contributed by atoms with Gasteiger partial charge in [-0.05, 0) is 55.8 Å². The van der Waals surface area contributed by atoms with Crippen LogP contribution in [0.4, 0.5) is 4.79 Å². The molecule has 3 aromatic carbocycles. The first-order valence-electron chi connectivity index (χ1n) is 12.1. The number of nitrogens with two attached hydrogens (primary N) is 1. The smallest absolute Gasteiger partial charge is 0.288 e. The average molecular weight is 626 g/mol. The van der Waals surface area contributed by atoms with Gasteiger partial charge in [-0.15, -0.1) is 0 Å². The number of benzene rings is 3. The van der Waals surface area contributed by atoms with Crippen LogP contribution in [0.25, 0.3) is 11.1 Å². The Morgan fingerprint density at radius 2 is 1.73 bits per heavy atom. The van der Waals surface area contributed by atoms with Crippen molar-refractivity contribution in [1.29, 1.82) is 0 Å². The molecule has 1 unspecified atom stereocenters. The summed E-state index contributed by atoms with van der Waals surface area (Å²) in [6.45, 7) is 5.61. The Bertz CT molecular complexity index is 1580. The van der Waals surface area contributed by atoms with E-state index in [9.17, 15) is 17.8 Å². The number of carbonyl (C=O) groups excluding carboxylic acids is 1. The first kappa shape index (κ1) is 31.9. The molecule has 0 spiro atoms. The number of rotatable bonds is 8. The van der Waals surface area contributed by atoms with Crippen molar-refractivity contribution in [1.82, 2.24) is 10.3 Å². The molecule has 0 saturated heterocycles. The number of nitrogens with zero attached hydrogens (tertiary/aromatic N) is 2. The summed E-state index contributed by atoms with van der Waals surface area (Å²) in [6, 6.07) is 17.0. The number of quaternary nitrogens is 1. The van der Waals surface area contributed by atoms with E-state index < -0.39 is 10.1 Å². The van der Waals surface area contributed by atoms with Crippen LogP contribution < -0.4 is 11.2 Å². The van der Waals surface area contributed by atoms with Crippen LogP contribution in [0.15, 0.2) is 75.2 Å². The minimum Gasteiger partial charge on any atom is -0.744 e. The third-order valence-corrected chi connectivity index (χ3v) is 7.92. The molecule has 4 aromatic rings. The molecular formula is C27H30Cl2N4O5S2. The van der Waals surface area contributed by atoms with Crippen LogP contribution in [-0.2, 0) is 16.7 Å². The van der Waals surface area contributed by atoms with Gasteiger partial charge in [0, 0.05) is 30.3 Å². The molecule has 0 bridgehead atoms. The van der Waals surface area contributed by atoms with Crippen molar-refractivity contribution in [2.75, 3.05) is 20.1 Å². The molecule has 4 rings (SSSR count). The number of thioether (sulfide) groups is 1. The normalized spacial score (nSPS) is 12.9. The van der Waals surface area contributed by atoms with E-state index in [0.29, 0.717) is 40.5 Å². The van der Waals surface area contributed by atoms with Crippen molar-refractivity contribution in [2.24, 2.45) is 5.84 Å². The summed E-state index contributed by atoms with van der Waals surface area (Å²) in [6.07, 6.45) is 0.730. The maximum atomic E-state index is 12.1. The van der Waals surface area contributed by atoms with E-state index in [4.69, 9.17) is 33.5 Å². The maximum Gasteiger partial charge on any atom is 0.288 e. The molecule has 13 heteroatoms. The highest BCUT2D eigenvalue weighted by Crippen LogP contribution is 2.25. The summed E-state index contributed by atoms with van der Waals surface area (Å²) in [5, 5.41) is 4.03. The van der Waals surface area contributed by atoms with Crippen molar-refractivity contribution >= 4 is 61.4 Å². The predicted octanol–water partition coefficient (Wildman–Crippen LogP) is 6.05. The van der Waals surface area contributed by atoms with Crippen molar-refractivity contribution in [2.45, 2.75) is 36.9 Å². The molecule has 1 atom stereocenters. The third-order valence-electron chi connectivity index (χ3n) is 5.66. The Kier molecular flexibility index (Phi) is 11.0. The van der Waals surface area contributed by atoms with Crippen LogP contribution in [-0.4, -0.2) is 47.9 Å². The third kappa shape index (κ3) is 10.1. The number of nitrogens with one attached hydrogen (secondary N) is 1. The van der Waals surface area contributed by atoms with Crippen LogP contribution in [0, 0.1) is 13.8 Å². The summed E-state index contributed by atoms with van der Waals surface area (Å²) in [7, 11) is -2.34. The van der Waals surface area contributed by atoms with Gasteiger partial charge in [-0.1, -0.05) is 53.0 Å². The van der Waals surface area contributed by atoms with E-state index in [-0.39, 0.29) is 14.7 Å². The van der Waals surface area contributed by atoms with E-state index in [1.807, 2.05) is 51.2 Å². The minimum atomic E-state index is -4.27. The number of halogens is 2. The Labute approximate surface area is 248 Å².